The average Bonchev–Trinajstić information content (AvgIpc) is 2.78. The van der Waals surface area contributed by atoms with E-state index in [1.807, 2.05) is 0 Å². The molecule has 0 atom stereocenters. The van der Waals surface area contributed by atoms with Crippen LogP contribution in [0.3, 0.4) is 0 Å². The lowest BCUT2D eigenvalue weighted by atomic mass is 10.1. The fourth-order valence-corrected chi connectivity index (χ4v) is 2.69. The van der Waals surface area contributed by atoms with Crippen molar-refractivity contribution in [2.24, 2.45) is 0 Å². The average molecular weight is 392 g/mol. The Morgan fingerprint density at radius 3 is 2.54 bits per heavy atom. The molecule has 0 N–H and O–H groups in total. The van der Waals surface area contributed by atoms with E-state index >= 15 is 0 Å². The first-order chi connectivity index (χ1) is 11.4. The summed E-state index contributed by atoms with van der Waals surface area (Å²) in [5.74, 6) is -2.07. The highest BCUT2D eigenvalue weighted by atomic mass is 79.9. The van der Waals surface area contributed by atoms with Crippen LogP contribution in [0.5, 0.6) is 0 Å². The molecule has 0 radical (unpaired) electrons. The van der Waals surface area contributed by atoms with Gasteiger partial charge in [0.15, 0.2) is 0 Å². The Bertz CT molecular complexity index is 881. The second kappa shape index (κ2) is 6.16. The molecule has 1 aliphatic heterocycles. The summed E-state index contributed by atoms with van der Waals surface area (Å²) in [6.07, 6.45) is 0. The van der Waals surface area contributed by atoms with Crippen LogP contribution >= 0.6 is 15.9 Å². The number of rotatable bonds is 3. The molecule has 0 unspecified atom stereocenters. The molecule has 0 saturated carbocycles. The predicted octanol–water partition coefficient (Wildman–Crippen LogP) is 3.17. The number of amides is 2. The first-order valence-corrected chi connectivity index (χ1v) is 7.75. The first-order valence-electron chi connectivity index (χ1n) is 6.96. The quantitative estimate of drug-likeness (QED) is 0.595. The number of nitrogens with zero attached hydrogens (tertiary/aromatic N) is 1. The number of ether oxygens (including phenoxy) is 1. The third kappa shape index (κ3) is 2.82. The number of carbonyl (C=O) groups excluding carboxylic acids is 3. The first kappa shape index (κ1) is 16.3. The number of carbonyl (C=O) groups is 3. The molecule has 1 heterocycles. The summed E-state index contributed by atoms with van der Waals surface area (Å²) in [4.78, 5) is 36.8. The maximum absolute atomic E-state index is 13.7. The maximum Gasteiger partial charge on any atom is 0.338 e. The van der Waals surface area contributed by atoms with Gasteiger partial charge >= 0.3 is 5.97 Å². The normalized spacial score (nSPS) is 13.2. The minimum absolute atomic E-state index is 0.128. The largest absolute Gasteiger partial charge is 0.457 e. The van der Waals surface area contributed by atoms with Crippen molar-refractivity contribution in [1.29, 1.82) is 0 Å². The molecule has 2 aromatic rings. The van der Waals surface area contributed by atoms with Crippen LogP contribution in [-0.4, -0.2) is 29.7 Å². The molecule has 7 heteroatoms. The lowest BCUT2D eigenvalue weighted by Gasteiger charge is -2.07. The number of halogens is 2. The Morgan fingerprint density at radius 1 is 1.12 bits per heavy atom. The summed E-state index contributed by atoms with van der Waals surface area (Å²) < 4.78 is 19.4. The topological polar surface area (TPSA) is 63.7 Å². The van der Waals surface area contributed by atoms with Crippen LogP contribution in [0.25, 0.3) is 0 Å². The van der Waals surface area contributed by atoms with Gasteiger partial charge in [0.1, 0.15) is 12.4 Å². The van der Waals surface area contributed by atoms with E-state index in [1.165, 1.54) is 37.4 Å². The Hall–Kier alpha value is -2.54. The Kier molecular flexibility index (Phi) is 4.19. The third-order valence-corrected chi connectivity index (χ3v) is 4.19. The molecule has 3 rings (SSSR count). The standard InChI is InChI=1S/C17H11BrFNO4/c1-20-15(21)12-5-3-9(6-13(12)16(20)22)17(23)24-8-10-2-4-11(18)7-14(10)19/h2-7H,8H2,1H3. The maximum atomic E-state index is 13.7. The highest BCUT2D eigenvalue weighted by Crippen LogP contribution is 2.23. The predicted molar refractivity (Wildman–Crippen MR) is 86.1 cm³/mol. The number of hydrogen-bond acceptors (Lipinski definition) is 4. The van der Waals surface area contributed by atoms with Crippen molar-refractivity contribution in [3.8, 4) is 0 Å². The minimum Gasteiger partial charge on any atom is -0.457 e. The van der Waals surface area contributed by atoms with Gasteiger partial charge in [-0.15, -0.1) is 0 Å². The van der Waals surface area contributed by atoms with Gasteiger partial charge in [0.25, 0.3) is 11.8 Å². The second-order valence-corrected chi connectivity index (χ2v) is 6.16. The Balaban J connectivity index is 1.77. The number of esters is 1. The van der Waals surface area contributed by atoms with Crippen molar-refractivity contribution in [1.82, 2.24) is 4.90 Å². The Labute approximate surface area is 145 Å². The van der Waals surface area contributed by atoms with E-state index in [-0.39, 0.29) is 28.9 Å². The van der Waals surface area contributed by atoms with Crippen molar-refractivity contribution in [3.05, 3.63) is 68.9 Å². The van der Waals surface area contributed by atoms with Gasteiger partial charge in [-0.05, 0) is 30.3 Å². The highest BCUT2D eigenvalue weighted by molar-refractivity contribution is 9.10. The van der Waals surface area contributed by atoms with Crippen molar-refractivity contribution < 1.29 is 23.5 Å². The molecule has 0 aromatic heterocycles. The summed E-state index contributed by atoms with van der Waals surface area (Å²) in [5.41, 5.74) is 0.770. The van der Waals surface area contributed by atoms with Crippen LogP contribution in [0.1, 0.15) is 36.6 Å². The summed E-state index contributed by atoms with van der Waals surface area (Å²) >= 11 is 3.15. The zero-order chi connectivity index (χ0) is 17.4. The number of fused-ring (bicyclic) bond motifs is 1. The van der Waals surface area contributed by atoms with Crippen LogP contribution in [0.2, 0.25) is 0 Å². The van der Waals surface area contributed by atoms with Gasteiger partial charge in [-0.3, -0.25) is 14.5 Å². The molecule has 0 saturated heterocycles. The minimum atomic E-state index is -0.699. The molecule has 0 aliphatic carbocycles. The lowest BCUT2D eigenvalue weighted by molar-refractivity contribution is 0.0468. The van der Waals surface area contributed by atoms with Gasteiger partial charge in [-0.2, -0.15) is 0 Å². The molecule has 24 heavy (non-hydrogen) atoms. The summed E-state index contributed by atoms with van der Waals surface area (Å²) in [5, 5.41) is 0. The van der Waals surface area contributed by atoms with Gasteiger partial charge in [-0.1, -0.05) is 22.0 Å². The zero-order valence-electron chi connectivity index (χ0n) is 12.5. The monoisotopic (exact) mass is 391 g/mol. The summed E-state index contributed by atoms with van der Waals surface area (Å²) in [6, 6.07) is 8.56. The number of imide groups is 1. The van der Waals surface area contributed by atoms with E-state index in [0.717, 1.165) is 4.90 Å². The molecular weight excluding hydrogens is 381 g/mol. The second-order valence-electron chi connectivity index (χ2n) is 5.24. The smallest absolute Gasteiger partial charge is 0.338 e. The highest BCUT2D eigenvalue weighted by Gasteiger charge is 2.33. The van der Waals surface area contributed by atoms with Gasteiger partial charge in [0.2, 0.25) is 0 Å². The van der Waals surface area contributed by atoms with E-state index in [2.05, 4.69) is 15.9 Å². The van der Waals surface area contributed by atoms with Crippen molar-refractivity contribution in [3.63, 3.8) is 0 Å². The van der Waals surface area contributed by atoms with Crippen LogP contribution < -0.4 is 0 Å². The van der Waals surface area contributed by atoms with Gasteiger partial charge in [0.05, 0.1) is 16.7 Å². The Morgan fingerprint density at radius 2 is 1.83 bits per heavy atom. The van der Waals surface area contributed by atoms with E-state index in [0.29, 0.717) is 4.47 Å². The number of benzene rings is 2. The summed E-state index contributed by atoms with van der Waals surface area (Å²) in [7, 11) is 1.37. The van der Waals surface area contributed by atoms with E-state index in [4.69, 9.17) is 4.74 Å². The lowest BCUT2D eigenvalue weighted by Crippen LogP contribution is -2.24. The third-order valence-electron chi connectivity index (χ3n) is 3.70. The summed E-state index contributed by atoms with van der Waals surface area (Å²) in [6.45, 7) is -0.234. The molecule has 0 fully saturated rings. The van der Waals surface area contributed by atoms with Crippen LogP contribution in [0.4, 0.5) is 4.39 Å². The van der Waals surface area contributed by atoms with Crippen LogP contribution in [-0.2, 0) is 11.3 Å². The molecule has 2 amide bonds. The molecule has 5 nitrogen and oxygen atoms in total. The van der Waals surface area contributed by atoms with Gasteiger partial charge in [-0.25, -0.2) is 9.18 Å². The molecule has 122 valence electrons. The van der Waals surface area contributed by atoms with E-state index in [1.54, 1.807) is 6.07 Å². The molecule has 2 aromatic carbocycles. The fraction of sp³-hybridized carbons (Fsp3) is 0.118. The van der Waals surface area contributed by atoms with Crippen molar-refractivity contribution in [2.75, 3.05) is 7.05 Å². The van der Waals surface area contributed by atoms with Crippen LogP contribution in [0, 0.1) is 5.82 Å². The van der Waals surface area contributed by atoms with Gasteiger partial charge < -0.3 is 4.74 Å². The van der Waals surface area contributed by atoms with Crippen molar-refractivity contribution in [2.45, 2.75) is 6.61 Å². The number of hydrogen-bond donors (Lipinski definition) is 0. The molecule has 1 aliphatic rings. The fourth-order valence-electron chi connectivity index (χ4n) is 2.35. The molecular formula is C17H11BrFNO4. The van der Waals surface area contributed by atoms with Crippen LogP contribution in [0.15, 0.2) is 40.9 Å². The zero-order valence-corrected chi connectivity index (χ0v) is 14.1. The van der Waals surface area contributed by atoms with Gasteiger partial charge in [0, 0.05) is 17.1 Å². The molecule has 0 spiro atoms. The SMILES string of the molecule is CN1C(=O)c2ccc(C(=O)OCc3ccc(Br)cc3F)cc2C1=O. The molecule has 0 bridgehead atoms. The van der Waals surface area contributed by atoms with E-state index in [9.17, 15) is 18.8 Å². The van der Waals surface area contributed by atoms with E-state index < -0.39 is 23.6 Å². The van der Waals surface area contributed by atoms with Crippen molar-refractivity contribution >= 4 is 33.7 Å².